The molecule has 3 rings (SSSR count). The normalized spacial score (nSPS) is 10.9. The summed E-state index contributed by atoms with van der Waals surface area (Å²) in [5, 5.41) is 14.6. The van der Waals surface area contributed by atoms with Gasteiger partial charge in [0.2, 0.25) is 0 Å². The Morgan fingerprint density at radius 2 is 1.75 bits per heavy atom. The van der Waals surface area contributed by atoms with E-state index in [-0.39, 0.29) is 17.0 Å². The molecule has 8 nitrogen and oxygen atoms in total. The summed E-state index contributed by atoms with van der Waals surface area (Å²) in [6.45, 7) is 0. The van der Waals surface area contributed by atoms with Gasteiger partial charge in [-0.1, -0.05) is 46.3 Å². The number of amides is 1. The highest BCUT2D eigenvalue weighted by molar-refractivity contribution is 9.10. The van der Waals surface area contributed by atoms with Crippen LogP contribution in [0.5, 0.6) is 5.75 Å². The number of hydrogen-bond acceptors (Lipinski definition) is 6. The maximum atomic E-state index is 12.2. The fourth-order valence-electron chi connectivity index (χ4n) is 2.54. The minimum Gasteiger partial charge on any atom is -0.423 e. The van der Waals surface area contributed by atoms with Gasteiger partial charge in [-0.25, -0.2) is 10.2 Å². The third-order valence-corrected chi connectivity index (χ3v) is 4.60. The van der Waals surface area contributed by atoms with E-state index in [4.69, 9.17) is 4.74 Å². The van der Waals surface area contributed by atoms with Gasteiger partial charge in [-0.3, -0.25) is 14.9 Å². The maximum absolute atomic E-state index is 12.2. The van der Waals surface area contributed by atoms with Gasteiger partial charge in [-0.2, -0.15) is 5.10 Å². The number of nitrogens with zero attached hydrogens (tertiary/aromatic N) is 2. The highest BCUT2D eigenvalue weighted by atomic mass is 79.9. The highest BCUT2D eigenvalue weighted by Gasteiger charge is 2.10. The lowest BCUT2D eigenvalue weighted by molar-refractivity contribution is -0.384. The van der Waals surface area contributed by atoms with E-state index in [9.17, 15) is 19.7 Å². The number of halogens is 1. The zero-order valence-electron chi connectivity index (χ0n) is 16.5. The molecule has 0 aliphatic rings. The quantitative estimate of drug-likeness (QED) is 0.127. The molecule has 9 heteroatoms. The van der Waals surface area contributed by atoms with Crippen molar-refractivity contribution >= 4 is 45.8 Å². The lowest BCUT2D eigenvalue weighted by Gasteiger charge is -2.06. The molecule has 0 saturated heterocycles. The van der Waals surface area contributed by atoms with Crippen LogP contribution in [0.25, 0.3) is 6.08 Å². The van der Waals surface area contributed by atoms with Crippen molar-refractivity contribution in [2.24, 2.45) is 5.10 Å². The summed E-state index contributed by atoms with van der Waals surface area (Å²) in [7, 11) is 0. The van der Waals surface area contributed by atoms with E-state index in [1.807, 2.05) is 30.3 Å². The van der Waals surface area contributed by atoms with Crippen LogP contribution in [-0.2, 0) is 4.79 Å². The number of nitro benzene ring substituents is 1. The molecule has 3 aromatic carbocycles. The number of nitrogens with one attached hydrogen (secondary N) is 1. The summed E-state index contributed by atoms with van der Waals surface area (Å²) in [4.78, 5) is 34.5. The topological polar surface area (TPSA) is 111 Å². The van der Waals surface area contributed by atoms with E-state index in [0.29, 0.717) is 5.56 Å². The van der Waals surface area contributed by atoms with Crippen LogP contribution < -0.4 is 10.2 Å². The minimum atomic E-state index is -0.569. The first kappa shape index (κ1) is 22.6. The molecule has 0 aliphatic carbocycles. The molecule has 0 spiro atoms. The van der Waals surface area contributed by atoms with Crippen LogP contribution in [0.15, 0.2) is 88.4 Å². The minimum absolute atomic E-state index is 0.119. The van der Waals surface area contributed by atoms with Crippen molar-refractivity contribution < 1.29 is 19.2 Å². The van der Waals surface area contributed by atoms with E-state index >= 15 is 0 Å². The van der Waals surface area contributed by atoms with Gasteiger partial charge in [0.1, 0.15) is 5.75 Å². The Balaban J connectivity index is 1.67. The molecule has 0 fully saturated rings. The Hall–Kier alpha value is -4.11. The van der Waals surface area contributed by atoms with Crippen LogP contribution >= 0.6 is 15.9 Å². The summed E-state index contributed by atoms with van der Waals surface area (Å²) in [6, 6.07) is 19.4. The molecule has 32 heavy (non-hydrogen) atoms. The largest absolute Gasteiger partial charge is 0.423 e. The lowest BCUT2D eigenvalue weighted by Crippen LogP contribution is -2.17. The number of nitro groups is 1. The second-order valence-electron chi connectivity index (χ2n) is 6.35. The Morgan fingerprint density at radius 3 is 2.44 bits per heavy atom. The number of carbonyl (C=O) groups excluding carboxylic acids is 2. The van der Waals surface area contributed by atoms with Crippen molar-refractivity contribution in [3.8, 4) is 5.75 Å². The highest BCUT2D eigenvalue weighted by Crippen LogP contribution is 2.22. The van der Waals surface area contributed by atoms with Crippen LogP contribution in [0.4, 0.5) is 5.69 Å². The Kier molecular flexibility index (Phi) is 7.60. The van der Waals surface area contributed by atoms with Gasteiger partial charge in [0.05, 0.1) is 11.1 Å². The van der Waals surface area contributed by atoms with Crippen LogP contribution in [0.1, 0.15) is 21.5 Å². The van der Waals surface area contributed by atoms with E-state index in [0.717, 1.165) is 10.0 Å². The third-order valence-electron chi connectivity index (χ3n) is 4.10. The zero-order chi connectivity index (χ0) is 22.9. The number of non-ortho nitro benzene ring substituents is 1. The average Bonchev–Trinajstić information content (AvgIpc) is 2.80. The molecule has 0 unspecified atom stereocenters. The van der Waals surface area contributed by atoms with Crippen molar-refractivity contribution in [3.05, 3.63) is 110 Å². The van der Waals surface area contributed by atoms with Crippen LogP contribution in [0, 0.1) is 10.1 Å². The first-order chi connectivity index (χ1) is 15.4. The number of carbonyl (C=O) groups is 2. The van der Waals surface area contributed by atoms with Crippen molar-refractivity contribution in [2.75, 3.05) is 0 Å². The summed E-state index contributed by atoms with van der Waals surface area (Å²) < 4.78 is 6.11. The van der Waals surface area contributed by atoms with Crippen molar-refractivity contribution in [3.63, 3.8) is 0 Å². The first-order valence-electron chi connectivity index (χ1n) is 9.25. The fourth-order valence-corrected chi connectivity index (χ4v) is 2.92. The first-order valence-corrected chi connectivity index (χ1v) is 10.0. The van der Waals surface area contributed by atoms with E-state index < -0.39 is 16.8 Å². The molecular weight excluding hydrogens is 478 g/mol. The van der Waals surface area contributed by atoms with Crippen LogP contribution in [0.3, 0.4) is 0 Å². The van der Waals surface area contributed by atoms with Gasteiger partial charge in [-0.15, -0.1) is 0 Å². The van der Waals surface area contributed by atoms with Crippen LogP contribution in [0.2, 0.25) is 0 Å². The molecule has 1 amide bonds. The molecule has 0 aliphatic heterocycles. The zero-order valence-corrected chi connectivity index (χ0v) is 18.1. The molecule has 160 valence electrons. The maximum Gasteiger partial charge on any atom is 0.336 e. The predicted octanol–water partition coefficient (Wildman–Crippen LogP) is 4.74. The Morgan fingerprint density at radius 1 is 1.03 bits per heavy atom. The van der Waals surface area contributed by atoms with Gasteiger partial charge in [-0.05, 0) is 42.0 Å². The molecule has 3 aromatic rings. The van der Waals surface area contributed by atoms with Gasteiger partial charge in [0.25, 0.3) is 11.6 Å². The van der Waals surface area contributed by atoms with Crippen molar-refractivity contribution in [1.29, 1.82) is 0 Å². The number of ether oxygens (including phenoxy) is 1. The lowest BCUT2D eigenvalue weighted by atomic mass is 10.2. The van der Waals surface area contributed by atoms with Crippen molar-refractivity contribution in [2.45, 2.75) is 0 Å². The number of esters is 1. The Bertz CT molecular complexity index is 1190. The summed E-state index contributed by atoms with van der Waals surface area (Å²) in [5.74, 6) is -0.861. The number of rotatable bonds is 7. The predicted molar refractivity (Wildman–Crippen MR) is 123 cm³/mol. The SMILES string of the molecule is O=C(/C=C/c1ccccc1)Oc1ccc(Br)cc1/C=N\NC(=O)c1ccc([N+](=O)[O-])cc1. The second-order valence-corrected chi connectivity index (χ2v) is 7.27. The smallest absolute Gasteiger partial charge is 0.336 e. The summed E-state index contributed by atoms with van der Waals surface area (Å²) >= 11 is 3.34. The van der Waals surface area contributed by atoms with Gasteiger partial charge in [0.15, 0.2) is 0 Å². The van der Waals surface area contributed by atoms with E-state index in [1.54, 1.807) is 24.3 Å². The molecule has 0 saturated carbocycles. The van der Waals surface area contributed by atoms with E-state index in [1.165, 1.54) is 36.6 Å². The van der Waals surface area contributed by atoms with Gasteiger partial charge >= 0.3 is 5.97 Å². The van der Waals surface area contributed by atoms with Crippen LogP contribution in [-0.4, -0.2) is 23.0 Å². The monoisotopic (exact) mass is 493 g/mol. The Labute approximate surface area is 191 Å². The number of benzene rings is 3. The van der Waals surface area contributed by atoms with Gasteiger partial charge < -0.3 is 4.74 Å². The molecule has 0 bridgehead atoms. The van der Waals surface area contributed by atoms with E-state index in [2.05, 4.69) is 26.5 Å². The standard InChI is InChI=1S/C23H16BrN3O5/c24-19-9-12-21(32-22(28)13-6-16-4-2-1-3-5-16)18(14-19)15-25-26-23(29)17-7-10-20(11-8-17)27(30)31/h1-15H,(H,26,29)/b13-6+,25-15-. The molecule has 1 N–H and O–H groups in total. The summed E-state index contributed by atoms with van der Waals surface area (Å²) in [5.41, 5.74) is 3.73. The molecule has 0 atom stereocenters. The molecule has 0 heterocycles. The fraction of sp³-hybridized carbons (Fsp3) is 0. The molecular formula is C23H16BrN3O5. The number of hydrogen-bond donors (Lipinski definition) is 1. The van der Waals surface area contributed by atoms with Crippen molar-refractivity contribution in [1.82, 2.24) is 5.43 Å². The molecule has 0 aromatic heterocycles. The number of hydrazone groups is 1. The van der Waals surface area contributed by atoms with Gasteiger partial charge in [0, 0.05) is 33.8 Å². The third kappa shape index (κ3) is 6.44. The summed E-state index contributed by atoms with van der Waals surface area (Å²) in [6.07, 6.45) is 4.28. The average molecular weight is 494 g/mol. The molecule has 0 radical (unpaired) electrons. The second kappa shape index (κ2) is 10.8.